The van der Waals surface area contributed by atoms with Gasteiger partial charge in [0.15, 0.2) is 11.5 Å². The number of carbonyl (C=O) groups excluding carboxylic acids is 2. The molecule has 1 aliphatic rings. The number of amides is 3. The quantitative estimate of drug-likeness (QED) is 0.571. The van der Waals surface area contributed by atoms with Crippen LogP contribution in [0.15, 0.2) is 36.5 Å². The molecule has 0 atom stereocenters. The number of hydrogen-bond acceptors (Lipinski definition) is 6. The van der Waals surface area contributed by atoms with Crippen molar-refractivity contribution in [2.24, 2.45) is 0 Å². The van der Waals surface area contributed by atoms with Crippen LogP contribution in [-0.2, 0) is 6.54 Å². The molecular weight excluding hydrogens is 410 g/mol. The van der Waals surface area contributed by atoms with E-state index in [0.717, 1.165) is 24.5 Å². The first-order valence-electron chi connectivity index (χ1n) is 10.8. The minimum atomic E-state index is -0.523. The number of piperidine rings is 1. The van der Waals surface area contributed by atoms with E-state index in [1.807, 2.05) is 26.0 Å². The number of benzene rings is 1. The minimum Gasteiger partial charge on any atom is -0.493 e. The second-order valence-electron chi connectivity index (χ2n) is 7.87. The van der Waals surface area contributed by atoms with Gasteiger partial charge in [0, 0.05) is 31.4 Å². The maximum Gasteiger partial charge on any atom is 0.333 e. The predicted molar refractivity (Wildman–Crippen MR) is 122 cm³/mol. The summed E-state index contributed by atoms with van der Waals surface area (Å²) in [4.78, 5) is 31.2. The summed E-state index contributed by atoms with van der Waals surface area (Å²) in [6.07, 6.45) is 5.40. The van der Waals surface area contributed by atoms with Crippen LogP contribution in [0, 0.1) is 0 Å². The topological polar surface area (TPSA) is 105 Å². The average molecular weight is 442 g/mol. The molecule has 0 radical (unpaired) electrons. The molecule has 9 heteroatoms. The first kappa shape index (κ1) is 23.2. The Morgan fingerprint density at radius 3 is 2.50 bits per heavy atom. The average Bonchev–Trinajstić information content (AvgIpc) is 2.82. The van der Waals surface area contributed by atoms with Gasteiger partial charge < -0.3 is 19.7 Å². The fourth-order valence-electron chi connectivity index (χ4n) is 3.40. The number of ether oxygens (including phenoxy) is 2. The van der Waals surface area contributed by atoms with Gasteiger partial charge in [-0.1, -0.05) is 6.07 Å². The lowest BCUT2D eigenvalue weighted by atomic mass is 10.1. The van der Waals surface area contributed by atoms with Gasteiger partial charge in [0.25, 0.3) is 5.91 Å². The molecule has 1 aromatic carbocycles. The number of aromatic nitrogens is 1. The van der Waals surface area contributed by atoms with Crippen molar-refractivity contribution >= 4 is 17.8 Å². The van der Waals surface area contributed by atoms with Gasteiger partial charge in [-0.05, 0) is 62.9 Å². The molecule has 1 aliphatic heterocycles. The predicted octanol–water partition coefficient (Wildman–Crippen LogP) is 3.01. The monoisotopic (exact) mass is 441 g/mol. The lowest BCUT2D eigenvalue weighted by Gasteiger charge is -2.27. The van der Waals surface area contributed by atoms with Crippen LogP contribution >= 0.6 is 0 Å². The fourth-order valence-corrected chi connectivity index (χ4v) is 3.40. The number of methoxy groups -OCH3 is 1. The summed E-state index contributed by atoms with van der Waals surface area (Å²) >= 11 is 0. The van der Waals surface area contributed by atoms with Crippen molar-refractivity contribution in [2.75, 3.05) is 25.1 Å². The number of anilines is 1. The lowest BCUT2D eigenvalue weighted by molar-refractivity contribution is 0.0935. The zero-order valence-electron chi connectivity index (χ0n) is 18.8. The van der Waals surface area contributed by atoms with Gasteiger partial charge in [0.1, 0.15) is 5.82 Å². The molecule has 32 heavy (non-hydrogen) atoms. The molecule has 3 rings (SSSR count). The summed E-state index contributed by atoms with van der Waals surface area (Å²) in [5.74, 6) is 1.48. The third-order valence-electron chi connectivity index (χ3n) is 5.02. The molecule has 3 amide bonds. The molecule has 1 aromatic heterocycles. The number of nitrogens with zero attached hydrogens (tertiary/aromatic N) is 2. The molecule has 0 bridgehead atoms. The number of urea groups is 1. The largest absolute Gasteiger partial charge is 0.493 e. The number of hydrogen-bond donors (Lipinski definition) is 3. The van der Waals surface area contributed by atoms with E-state index in [-0.39, 0.29) is 6.10 Å². The normalized spacial score (nSPS) is 13.4. The molecule has 1 saturated heterocycles. The molecular formula is C23H31N5O4. The summed E-state index contributed by atoms with van der Waals surface area (Å²) in [5.41, 5.74) is 5.93. The standard InChI is InChI=1S/C23H31N5O4/c1-16(2)32-19-9-8-18(13-20(19)31-3)22(29)26-27-23(30)25-15-17-7-10-21(24-14-17)28-11-5-4-6-12-28/h7-10,13-14,16H,4-6,11-12,15H2,1-3H3,(H,26,29)(H2,25,27,30). The van der Waals surface area contributed by atoms with Crippen molar-refractivity contribution in [2.45, 2.75) is 45.8 Å². The summed E-state index contributed by atoms with van der Waals surface area (Å²) in [6, 6.07) is 8.22. The summed E-state index contributed by atoms with van der Waals surface area (Å²) in [7, 11) is 1.50. The highest BCUT2D eigenvalue weighted by Gasteiger charge is 2.14. The van der Waals surface area contributed by atoms with E-state index < -0.39 is 11.9 Å². The van der Waals surface area contributed by atoms with Crippen LogP contribution in [0.25, 0.3) is 0 Å². The Bertz CT molecular complexity index is 911. The molecule has 0 unspecified atom stereocenters. The van der Waals surface area contributed by atoms with E-state index >= 15 is 0 Å². The SMILES string of the molecule is COc1cc(C(=O)NNC(=O)NCc2ccc(N3CCCCC3)nc2)ccc1OC(C)C. The maximum absolute atomic E-state index is 12.3. The third kappa shape index (κ3) is 6.50. The van der Waals surface area contributed by atoms with Gasteiger partial charge in [-0.15, -0.1) is 0 Å². The number of rotatable bonds is 7. The molecule has 0 saturated carbocycles. The van der Waals surface area contributed by atoms with Crippen molar-refractivity contribution in [3.05, 3.63) is 47.7 Å². The number of carbonyl (C=O) groups is 2. The van der Waals surface area contributed by atoms with Gasteiger partial charge in [-0.3, -0.25) is 10.2 Å². The summed E-state index contributed by atoms with van der Waals surface area (Å²) in [5, 5.41) is 2.69. The Kier molecular flexibility index (Phi) is 8.13. The van der Waals surface area contributed by atoms with Gasteiger partial charge >= 0.3 is 6.03 Å². The maximum atomic E-state index is 12.3. The zero-order valence-corrected chi connectivity index (χ0v) is 18.8. The smallest absolute Gasteiger partial charge is 0.333 e. The molecule has 172 valence electrons. The number of nitrogens with one attached hydrogen (secondary N) is 3. The van der Waals surface area contributed by atoms with Crippen molar-refractivity contribution in [3.63, 3.8) is 0 Å². The first-order chi connectivity index (χ1) is 15.5. The van der Waals surface area contributed by atoms with Crippen LogP contribution < -0.4 is 30.5 Å². The Morgan fingerprint density at radius 1 is 1.06 bits per heavy atom. The van der Waals surface area contributed by atoms with Crippen LogP contribution in [0.3, 0.4) is 0 Å². The molecule has 2 aromatic rings. The highest BCUT2D eigenvalue weighted by molar-refractivity contribution is 5.95. The van der Waals surface area contributed by atoms with Crippen LogP contribution in [0.4, 0.5) is 10.6 Å². The summed E-state index contributed by atoms with van der Waals surface area (Å²) in [6.45, 7) is 6.17. The van der Waals surface area contributed by atoms with Gasteiger partial charge in [-0.2, -0.15) is 0 Å². The Morgan fingerprint density at radius 2 is 1.84 bits per heavy atom. The van der Waals surface area contributed by atoms with E-state index in [1.165, 1.54) is 26.4 Å². The fraction of sp³-hybridized carbons (Fsp3) is 0.435. The third-order valence-corrected chi connectivity index (χ3v) is 5.02. The molecule has 1 fully saturated rings. The first-order valence-corrected chi connectivity index (χ1v) is 10.8. The van der Waals surface area contributed by atoms with Crippen LogP contribution in [-0.4, -0.2) is 43.2 Å². The van der Waals surface area contributed by atoms with Gasteiger partial charge in [0.2, 0.25) is 0 Å². The van der Waals surface area contributed by atoms with E-state index in [0.29, 0.717) is 23.6 Å². The Balaban J connectivity index is 1.45. The second-order valence-corrected chi connectivity index (χ2v) is 7.87. The zero-order chi connectivity index (χ0) is 22.9. The van der Waals surface area contributed by atoms with Crippen molar-refractivity contribution < 1.29 is 19.1 Å². The van der Waals surface area contributed by atoms with Gasteiger partial charge in [-0.25, -0.2) is 15.2 Å². The van der Waals surface area contributed by atoms with E-state index in [9.17, 15) is 9.59 Å². The van der Waals surface area contributed by atoms with Crippen molar-refractivity contribution in [1.29, 1.82) is 0 Å². The minimum absolute atomic E-state index is 0.0230. The lowest BCUT2D eigenvalue weighted by Crippen LogP contribution is -2.46. The molecule has 0 aliphatic carbocycles. The molecule has 0 spiro atoms. The Hall–Kier alpha value is -3.49. The summed E-state index contributed by atoms with van der Waals surface area (Å²) < 4.78 is 10.9. The number of hydrazine groups is 1. The molecule has 3 N–H and O–H groups in total. The van der Waals surface area contributed by atoms with E-state index in [1.54, 1.807) is 24.4 Å². The van der Waals surface area contributed by atoms with E-state index in [2.05, 4.69) is 26.1 Å². The van der Waals surface area contributed by atoms with E-state index in [4.69, 9.17) is 9.47 Å². The van der Waals surface area contributed by atoms with Crippen LogP contribution in [0.5, 0.6) is 11.5 Å². The van der Waals surface area contributed by atoms with Crippen molar-refractivity contribution in [1.82, 2.24) is 21.2 Å². The molecule has 2 heterocycles. The van der Waals surface area contributed by atoms with Crippen molar-refractivity contribution in [3.8, 4) is 11.5 Å². The highest BCUT2D eigenvalue weighted by atomic mass is 16.5. The Labute approximate surface area is 188 Å². The van der Waals surface area contributed by atoms with Crippen LogP contribution in [0.1, 0.15) is 49.0 Å². The number of pyridine rings is 1. The van der Waals surface area contributed by atoms with Crippen LogP contribution in [0.2, 0.25) is 0 Å². The second kappa shape index (κ2) is 11.2. The van der Waals surface area contributed by atoms with Gasteiger partial charge in [0.05, 0.1) is 13.2 Å². The highest BCUT2D eigenvalue weighted by Crippen LogP contribution is 2.28. The molecule has 9 nitrogen and oxygen atoms in total.